The summed E-state index contributed by atoms with van der Waals surface area (Å²) in [6.07, 6.45) is 0. The van der Waals surface area contributed by atoms with Gasteiger partial charge in [0.15, 0.2) is 0 Å². The van der Waals surface area contributed by atoms with E-state index in [2.05, 4.69) is 55.4 Å². The highest BCUT2D eigenvalue weighted by Crippen LogP contribution is 2.48. The molecule has 0 spiro atoms. The molecule has 0 fully saturated rings. The molecule has 0 atom stereocenters. The Morgan fingerprint density at radius 1 is 0.640 bits per heavy atom. The number of phenolic OH excluding ortho intramolecular Hbond substituents is 2. The number of hydrogen-bond donors (Lipinski definition) is 2. The van der Waals surface area contributed by atoms with Crippen LogP contribution in [0.3, 0.4) is 0 Å². The van der Waals surface area contributed by atoms with Gasteiger partial charge in [-0.2, -0.15) is 0 Å². The molecule has 0 saturated heterocycles. The fraction of sp³-hybridized carbons (Fsp3) is 0.455. The molecule has 3 heteroatoms. The van der Waals surface area contributed by atoms with Crippen molar-refractivity contribution in [1.29, 1.82) is 0 Å². The number of hydrogen-bond acceptors (Lipinski definition) is 3. The third-order valence-electron chi connectivity index (χ3n) is 4.37. The van der Waals surface area contributed by atoms with E-state index in [1.807, 2.05) is 12.1 Å². The largest absolute Gasteiger partial charge is 0.508 e. The van der Waals surface area contributed by atoms with Crippen molar-refractivity contribution in [3.8, 4) is 11.5 Å². The first-order chi connectivity index (χ1) is 11.3. The summed E-state index contributed by atoms with van der Waals surface area (Å²) in [5, 5.41) is 21.0. The molecule has 25 heavy (non-hydrogen) atoms. The lowest BCUT2D eigenvalue weighted by Crippen LogP contribution is -2.15. The lowest BCUT2D eigenvalue weighted by Gasteiger charge is -2.28. The SMILES string of the molecule is Cc1ccc(O)c(C(C)(C)C)c1Sc1c(C)ccc(O)c1C(C)(C)C. The first-order valence-corrected chi connectivity index (χ1v) is 9.49. The van der Waals surface area contributed by atoms with Crippen LogP contribution in [0.2, 0.25) is 0 Å². The number of aromatic hydroxyl groups is 2. The number of rotatable bonds is 2. The summed E-state index contributed by atoms with van der Waals surface area (Å²) in [4.78, 5) is 2.15. The standard InChI is InChI=1S/C22H30O2S/c1-13-9-11-15(23)17(21(3,4)5)19(13)25-20-14(2)10-12-16(24)18(20)22(6,7)8/h9-12,23-24H,1-8H3. The molecule has 0 amide bonds. The summed E-state index contributed by atoms with van der Waals surface area (Å²) in [5.74, 6) is 0.659. The van der Waals surface area contributed by atoms with Crippen molar-refractivity contribution in [1.82, 2.24) is 0 Å². The third kappa shape index (κ3) is 3.98. The molecule has 0 aliphatic carbocycles. The van der Waals surface area contributed by atoms with Gasteiger partial charge in [-0.25, -0.2) is 0 Å². The van der Waals surface area contributed by atoms with Crippen molar-refractivity contribution in [3.63, 3.8) is 0 Å². The van der Waals surface area contributed by atoms with Crippen LogP contribution in [0.5, 0.6) is 11.5 Å². The maximum atomic E-state index is 10.5. The second-order valence-electron chi connectivity index (χ2n) is 8.81. The van der Waals surface area contributed by atoms with Crippen molar-refractivity contribution in [2.75, 3.05) is 0 Å². The normalized spacial score (nSPS) is 12.5. The molecule has 2 aromatic carbocycles. The summed E-state index contributed by atoms with van der Waals surface area (Å²) in [6.45, 7) is 16.9. The third-order valence-corrected chi connectivity index (χ3v) is 5.83. The number of phenols is 2. The molecule has 2 nitrogen and oxygen atoms in total. The van der Waals surface area contributed by atoms with Gasteiger partial charge in [-0.1, -0.05) is 65.4 Å². The van der Waals surface area contributed by atoms with Gasteiger partial charge in [0.2, 0.25) is 0 Å². The predicted octanol–water partition coefficient (Wildman–Crippen LogP) is 6.46. The van der Waals surface area contributed by atoms with E-state index in [1.54, 1.807) is 23.9 Å². The summed E-state index contributed by atoms with van der Waals surface area (Å²) < 4.78 is 0. The topological polar surface area (TPSA) is 40.5 Å². The maximum absolute atomic E-state index is 10.5. The highest BCUT2D eigenvalue weighted by molar-refractivity contribution is 7.99. The van der Waals surface area contributed by atoms with Crippen molar-refractivity contribution in [2.24, 2.45) is 0 Å². The summed E-state index contributed by atoms with van der Waals surface area (Å²) in [7, 11) is 0. The van der Waals surface area contributed by atoms with Gasteiger partial charge in [0.05, 0.1) is 0 Å². The van der Waals surface area contributed by atoms with Crippen LogP contribution in [0.15, 0.2) is 34.1 Å². The van der Waals surface area contributed by atoms with E-state index in [4.69, 9.17) is 0 Å². The Morgan fingerprint density at radius 2 is 0.960 bits per heavy atom. The first kappa shape index (κ1) is 19.7. The molecule has 136 valence electrons. The molecule has 2 N–H and O–H groups in total. The van der Waals surface area contributed by atoms with E-state index in [-0.39, 0.29) is 10.8 Å². The first-order valence-electron chi connectivity index (χ1n) is 8.68. The molecular formula is C22H30O2S. The second kappa shape index (κ2) is 6.60. The molecule has 0 aromatic heterocycles. The van der Waals surface area contributed by atoms with E-state index < -0.39 is 0 Å². The molecular weight excluding hydrogens is 328 g/mol. The van der Waals surface area contributed by atoms with Crippen LogP contribution >= 0.6 is 11.8 Å². The van der Waals surface area contributed by atoms with Gasteiger partial charge >= 0.3 is 0 Å². The molecule has 0 radical (unpaired) electrons. The zero-order chi connectivity index (χ0) is 19.2. The molecule has 0 unspecified atom stereocenters. The maximum Gasteiger partial charge on any atom is 0.120 e. The second-order valence-corrected chi connectivity index (χ2v) is 9.83. The fourth-order valence-corrected chi connectivity index (χ4v) is 4.86. The van der Waals surface area contributed by atoms with Gasteiger partial charge in [-0.05, 0) is 47.9 Å². The quantitative estimate of drug-likeness (QED) is 0.647. The van der Waals surface area contributed by atoms with E-state index in [0.717, 1.165) is 32.0 Å². The van der Waals surface area contributed by atoms with Gasteiger partial charge in [0.1, 0.15) is 11.5 Å². The van der Waals surface area contributed by atoms with Gasteiger partial charge < -0.3 is 10.2 Å². The minimum absolute atomic E-state index is 0.176. The Kier molecular flexibility index (Phi) is 5.21. The lowest BCUT2D eigenvalue weighted by atomic mass is 9.85. The highest BCUT2D eigenvalue weighted by atomic mass is 32.2. The zero-order valence-corrected chi connectivity index (χ0v) is 17.4. The molecule has 2 aromatic rings. The number of aryl methyl sites for hydroxylation is 2. The lowest BCUT2D eigenvalue weighted by molar-refractivity contribution is 0.440. The Balaban J connectivity index is 2.75. The molecule has 0 saturated carbocycles. The zero-order valence-electron chi connectivity index (χ0n) is 16.6. The highest BCUT2D eigenvalue weighted by Gasteiger charge is 2.28. The van der Waals surface area contributed by atoms with Crippen LogP contribution < -0.4 is 0 Å². The Morgan fingerprint density at radius 3 is 1.24 bits per heavy atom. The van der Waals surface area contributed by atoms with Crippen molar-refractivity contribution in [3.05, 3.63) is 46.5 Å². The van der Waals surface area contributed by atoms with Gasteiger partial charge in [0, 0.05) is 20.9 Å². The average Bonchev–Trinajstić information content (AvgIpc) is 2.43. The fourth-order valence-electron chi connectivity index (χ4n) is 3.17. The van der Waals surface area contributed by atoms with Crippen LogP contribution in [0.4, 0.5) is 0 Å². The average molecular weight is 359 g/mol. The molecule has 0 bridgehead atoms. The predicted molar refractivity (Wildman–Crippen MR) is 107 cm³/mol. The molecule has 0 aliphatic rings. The molecule has 0 aliphatic heterocycles. The van der Waals surface area contributed by atoms with E-state index >= 15 is 0 Å². The molecule has 2 rings (SSSR count). The number of benzene rings is 2. The van der Waals surface area contributed by atoms with E-state index in [9.17, 15) is 10.2 Å². The van der Waals surface area contributed by atoms with Gasteiger partial charge in [-0.15, -0.1) is 0 Å². The minimum Gasteiger partial charge on any atom is -0.508 e. The monoisotopic (exact) mass is 358 g/mol. The Bertz CT molecular complexity index is 726. The van der Waals surface area contributed by atoms with E-state index in [1.165, 1.54) is 0 Å². The molecule has 0 heterocycles. The van der Waals surface area contributed by atoms with Crippen molar-refractivity contribution >= 4 is 11.8 Å². The smallest absolute Gasteiger partial charge is 0.120 e. The van der Waals surface area contributed by atoms with Gasteiger partial charge in [0.25, 0.3) is 0 Å². The Hall–Kier alpha value is -1.61. The van der Waals surface area contributed by atoms with Crippen molar-refractivity contribution < 1.29 is 10.2 Å². The van der Waals surface area contributed by atoms with Crippen LogP contribution in [-0.2, 0) is 10.8 Å². The van der Waals surface area contributed by atoms with Gasteiger partial charge in [-0.3, -0.25) is 0 Å². The summed E-state index contributed by atoms with van der Waals surface area (Å²) >= 11 is 1.66. The summed E-state index contributed by atoms with van der Waals surface area (Å²) in [6, 6.07) is 7.48. The van der Waals surface area contributed by atoms with Crippen LogP contribution in [0.1, 0.15) is 63.8 Å². The van der Waals surface area contributed by atoms with Crippen molar-refractivity contribution in [2.45, 2.75) is 76.0 Å². The van der Waals surface area contributed by atoms with Crippen LogP contribution in [0, 0.1) is 13.8 Å². The van der Waals surface area contributed by atoms with Crippen LogP contribution in [0.25, 0.3) is 0 Å². The van der Waals surface area contributed by atoms with E-state index in [0.29, 0.717) is 11.5 Å². The minimum atomic E-state index is -0.176. The van der Waals surface area contributed by atoms with Crippen LogP contribution in [-0.4, -0.2) is 10.2 Å². The summed E-state index contributed by atoms with van der Waals surface area (Å²) in [5.41, 5.74) is 3.83. The Labute approximate surface area is 156 Å².